The fourth-order valence-electron chi connectivity index (χ4n) is 1.26. The van der Waals surface area contributed by atoms with Gasteiger partial charge < -0.3 is 10.1 Å². The molecule has 17 heavy (non-hydrogen) atoms. The van der Waals surface area contributed by atoms with Crippen LogP contribution < -0.4 is 5.32 Å². The van der Waals surface area contributed by atoms with Crippen molar-refractivity contribution in [1.82, 2.24) is 5.32 Å². The van der Waals surface area contributed by atoms with Crippen molar-refractivity contribution < 1.29 is 9.53 Å². The van der Waals surface area contributed by atoms with Crippen LogP contribution in [0.4, 0.5) is 0 Å². The van der Waals surface area contributed by atoms with Crippen LogP contribution in [0.1, 0.15) is 10.4 Å². The zero-order valence-electron chi connectivity index (χ0n) is 9.17. The smallest absolute Gasteiger partial charge is 0.252 e. The first-order chi connectivity index (χ1) is 8.08. The summed E-state index contributed by atoms with van der Waals surface area (Å²) in [5.74, 6) is 0.139. The highest BCUT2D eigenvalue weighted by molar-refractivity contribution is 9.11. The summed E-state index contributed by atoms with van der Waals surface area (Å²) in [5.41, 5.74) is 0.569. The summed E-state index contributed by atoms with van der Waals surface area (Å²) >= 11 is 12.4. The number of hydrogen-bond acceptors (Lipinski definition) is 2. The van der Waals surface area contributed by atoms with Gasteiger partial charge in [-0.2, -0.15) is 0 Å². The maximum absolute atomic E-state index is 12.0. The molecular formula is C11H12Br2ClNO2. The van der Waals surface area contributed by atoms with Gasteiger partial charge >= 0.3 is 0 Å². The minimum atomic E-state index is -0.190. The number of halogens is 3. The van der Waals surface area contributed by atoms with Gasteiger partial charge in [-0.25, -0.2) is 0 Å². The Morgan fingerprint density at radius 1 is 1.53 bits per heavy atom. The quantitative estimate of drug-likeness (QED) is 0.791. The van der Waals surface area contributed by atoms with Crippen LogP contribution in [-0.2, 0) is 4.74 Å². The summed E-state index contributed by atoms with van der Waals surface area (Å²) in [6.45, 7) is 0.392. The summed E-state index contributed by atoms with van der Waals surface area (Å²) < 4.78 is 6.60. The molecule has 0 saturated heterocycles. The van der Waals surface area contributed by atoms with Gasteiger partial charge in [-0.05, 0) is 34.1 Å². The topological polar surface area (TPSA) is 38.3 Å². The average Bonchev–Trinajstić information content (AvgIpc) is 2.28. The molecule has 1 aromatic rings. The molecule has 0 aliphatic carbocycles. The standard InChI is InChI=1S/C11H12Br2ClNO2/c1-17-6-8(5-14)15-11(16)9-3-2-7(12)4-10(9)13/h2-4,8H,5-6H2,1H3,(H,15,16). The molecule has 0 aromatic heterocycles. The Bertz CT molecular complexity index is 401. The Morgan fingerprint density at radius 2 is 2.24 bits per heavy atom. The van der Waals surface area contributed by atoms with E-state index in [9.17, 15) is 4.79 Å². The summed E-state index contributed by atoms with van der Waals surface area (Å²) in [4.78, 5) is 12.0. The SMILES string of the molecule is COCC(CCl)NC(=O)c1ccc(Br)cc1Br. The van der Waals surface area contributed by atoms with Crippen molar-refractivity contribution >= 4 is 49.4 Å². The minimum absolute atomic E-state index is 0.174. The van der Waals surface area contributed by atoms with Crippen molar-refractivity contribution in [2.45, 2.75) is 6.04 Å². The Balaban J connectivity index is 2.75. The molecular weight excluding hydrogens is 373 g/mol. The molecule has 3 nitrogen and oxygen atoms in total. The third kappa shape index (κ3) is 4.58. The van der Waals surface area contributed by atoms with E-state index in [2.05, 4.69) is 37.2 Å². The lowest BCUT2D eigenvalue weighted by Crippen LogP contribution is -2.39. The lowest BCUT2D eigenvalue weighted by molar-refractivity contribution is 0.0906. The first-order valence-electron chi connectivity index (χ1n) is 4.89. The van der Waals surface area contributed by atoms with Gasteiger partial charge in [0.1, 0.15) is 0 Å². The Morgan fingerprint density at radius 3 is 2.76 bits per heavy atom. The second-order valence-electron chi connectivity index (χ2n) is 3.40. The largest absolute Gasteiger partial charge is 0.383 e. The van der Waals surface area contributed by atoms with Gasteiger partial charge in [-0.1, -0.05) is 15.9 Å². The van der Waals surface area contributed by atoms with E-state index in [-0.39, 0.29) is 11.9 Å². The number of ether oxygens (including phenoxy) is 1. The maximum Gasteiger partial charge on any atom is 0.252 e. The van der Waals surface area contributed by atoms with E-state index in [4.69, 9.17) is 16.3 Å². The average molecular weight is 385 g/mol. The molecule has 0 bridgehead atoms. The number of rotatable bonds is 5. The van der Waals surface area contributed by atoms with Gasteiger partial charge in [-0.15, -0.1) is 11.6 Å². The fraction of sp³-hybridized carbons (Fsp3) is 0.364. The van der Waals surface area contributed by atoms with Crippen molar-refractivity contribution in [3.05, 3.63) is 32.7 Å². The molecule has 1 amide bonds. The molecule has 6 heteroatoms. The second kappa shape index (κ2) is 7.36. The maximum atomic E-state index is 12.0. The first kappa shape index (κ1) is 15.0. The van der Waals surface area contributed by atoms with E-state index in [0.717, 1.165) is 8.95 Å². The van der Waals surface area contributed by atoms with Crippen molar-refractivity contribution in [2.24, 2.45) is 0 Å². The van der Waals surface area contributed by atoms with Crippen molar-refractivity contribution in [1.29, 1.82) is 0 Å². The van der Waals surface area contributed by atoms with E-state index in [0.29, 0.717) is 18.1 Å². The van der Waals surface area contributed by atoms with E-state index in [1.807, 2.05) is 12.1 Å². The van der Waals surface area contributed by atoms with Gasteiger partial charge in [-0.3, -0.25) is 4.79 Å². The molecule has 0 saturated carbocycles. The Hall–Kier alpha value is -0.100. The molecule has 0 spiro atoms. The molecule has 1 N–H and O–H groups in total. The van der Waals surface area contributed by atoms with Gasteiger partial charge in [0.25, 0.3) is 5.91 Å². The number of carbonyl (C=O) groups excluding carboxylic acids is 1. The van der Waals surface area contributed by atoms with Crippen LogP contribution in [0.2, 0.25) is 0 Å². The molecule has 0 aliphatic heterocycles. The number of benzene rings is 1. The number of hydrogen-bond donors (Lipinski definition) is 1. The van der Waals surface area contributed by atoms with Gasteiger partial charge in [0.2, 0.25) is 0 Å². The number of methoxy groups -OCH3 is 1. The molecule has 1 aromatic carbocycles. The minimum Gasteiger partial charge on any atom is -0.383 e. The molecule has 0 heterocycles. The van der Waals surface area contributed by atoms with Crippen LogP contribution in [0.3, 0.4) is 0 Å². The number of alkyl halides is 1. The summed E-state index contributed by atoms with van der Waals surface area (Å²) in [7, 11) is 1.57. The predicted octanol–water partition coefficient (Wildman–Crippen LogP) is 3.20. The first-order valence-corrected chi connectivity index (χ1v) is 7.01. The lowest BCUT2D eigenvalue weighted by Gasteiger charge is -2.15. The normalized spacial score (nSPS) is 12.2. The third-order valence-electron chi connectivity index (χ3n) is 2.07. The fourth-order valence-corrected chi connectivity index (χ4v) is 2.66. The monoisotopic (exact) mass is 383 g/mol. The van der Waals surface area contributed by atoms with E-state index in [1.54, 1.807) is 13.2 Å². The van der Waals surface area contributed by atoms with Crippen LogP contribution in [0, 0.1) is 0 Å². The van der Waals surface area contributed by atoms with E-state index >= 15 is 0 Å². The molecule has 0 fully saturated rings. The molecule has 0 radical (unpaired) electrons. The lowest BCUT2D eigenvalue weighted by atomic mass is 10.2. The zero-order chi connectivity index (χ0) is 12.8. The summed E-state index contributed by atoms with van der Waals surface area (Å²) in [6.07, 6.45) is 0. The van der Waals surface area contributed by atoms with Crippen molar-refractivity contribution in [3.8, 4) is 0 Å². The van der Waals surface area contributed by atoms with Crippen LogP contribution in [0.25, 0.3) is 0 Å². The molecule has 1 atom stereocenters. The van der Waals surface area contributed by atoms with E-state index in [1.165, 1.54) is 0 Å². The van der Waals surface area contributed by atoms with Crippen LogP contribution >= 0.6 is 43.5 Å². The van der Waals surface area contributed by atoms with Crippen LogP contribution in [0.5, 0.6) is 0 Å². The van der Waals surface area contributed by atoms with Gasteiger partial charge in [0.15, 0.2) is 0 Å². The predicted molar refractivity (Wildman–Crippen MR) is 75.7 cm³/mol. The molecule has 94 valence electrons. The molecule has 0 aliphatic rings. The number of amides is 1. The van der Waals surface area contributed by atoms with Crippen molar-refractivity contribution in [2.75, 3.05) is 19.6 Å². The Labute approximate surface area is 122 Å². The van der Waals surface area contributed by atoms with E-state index < -0.39 is 0 Å². The summed E-state index contributed by atoms with van der Waals surface area (Å²) in [6, 6.07) is 5.18. The summed E-state index contributed by atoms with van der Waals surface area (Å²) in [5, 5.41) is 2.80. The highest BCUT2D eigenvalue weighted by atomic mass is 79.9. The third-order valence-corrected chi connectivity index (χ3v) is 3.59. The van der Waals surface area contributed by atoms with Crippen LogP contribution in [0.15, 0.2) is 27.1 Å². The number of carbonyl (C=O) groups is 1. The zero-order valence-corrected chi connectivity index (χ0v) is 13.1. The highest BCUT2D eigenvalue weighted by Gasteiger charge is 2.15. The second-order valence-corrected chi connectivity index (χ2v) is 5.48. The van der Waals surface area contributed by atoms with Crippen molar-refractivity contribution in [3.63, 3.8) is 0 Å². The Kier molecular flexibility index (Phi) is 6.48. The highest BCUT2D eigenvalue weighted by Crippen LogP contribution is 2.21. The molecule has 1 rings (SSSR count). The van der Waals surface area contributed by atoms with Gasteiger partial charge in [0.05, 0.1) is 18.2 Å². The van der Waals surface area contributed by atoms with Crippen LogP contribution in [-0.4, -0.2) is 31.5 Å². The molecule has 1 unspecified atom stereocenters. The number of nitrogens with one attached hydrogen (secondary N) is 1. The van der Waals surface area contributed by atoms with Gasteiger partial charge in [0, 0.05) is 21.9 Å².